The van der Waals surface area contributed by atoms with Crippen molar-refractivity contribution in [2.24, 2.45) is 0 Å². The second-order valence-electron chi connectivity index (χ2n) is 7.15. The van der Waals surface area contributed by atoms with Gasteiger partial charge in [-0.2, -0.15) is 0 Å². The van der Waals surface area contributed by atoms with Crippen LogP contribution in [0, 0.1) is 30.2 Å². The zero-order valence-electron chi connectivity index (χ0n) is 16.8. The number of nitrogens with zero attached hydrogens (tertiary/aromatic N) is 4. The van der Waals surface area contributed by atoms with Crippen molar-refractivity contribution in [3.63, 3.8) is 0 Å². The number of nitrogens with one attached hydrogen (secondary N) is 1. The molecule has 164 valence electrons. The second-order valence-corrected chi connectivity index (χ2v) is 8.15. The van der Waals surface area contributed by atoms with Gasteiger partial charge in [0.2, 0.25) is 0 Å². The third kappa shape index (κ3) is 3.83. The highest BCUT2D eigenvalue weighted by atomic mass is 32.1. The summed E-state index contributed by atoms with van der Waals surface area (Å²) in [6.07, 6.45) is 1.41. The molecule has 1 aliphatic heterocycles. The predicted molar refractivity (Wildman–Crippen MR) is 111 cm³/mol. The first-order valence-electron chi connectivity index (χ1n) is 9.67. The van der Waals surface area contributed by atoms with Gasteiger partial charge in [-0.1, -0.05) is 6.92 Å². The minimum absolute atomic E-state index is 0.0885. The van der Waals surface area contributed by atoms with Gasteiger partial charge in [-0.3, -0.25) is 4.79 Å². The van der Waals surface area contributed by atoms with Crippen LogP contribution in [0.1, 0.15) is 22.2 Å². The summed E-state index contributed by atoms with van der Waals surface area (Å²) < 4.78 is 54.9. The maximum Gasteiger partial charge on any atom is 0.266 e. The summed E-state index contributed by atoms with van der Waals surface area (Å²) in [5.41, 5.74) is -0.634. The molecule has 0 aliphatic carbocycles. The zero-order chi connectivity index (χ0) is 22.3. The van der Waals surface area contributed by atoms with Crippen molar-refractivity contribution in [3.05, 3.63) is 46.1 Å². The van der Waals surface area contributed by atoms with E-state index in [1.54, 1.807) is 6.92 Å². The summed E-state index contributed by atoms with van der Waals surface area (Å²) >= 11 is 1.02. The summed E-state index contributed by atoms with van der Waals surface area (Å²) in [6.45, 7) is 8.02. The normalized spacial score (nSPS) is 15.0. The molecular weight excluding hydrogens is 434 g/mol. The SMILES string of the molecule is CCN1CCN(c2ncnc3sc(C(=O)Nc4c(F)c(F)cc(F)c4F)c(C)c23)CC1. The van der Waals surface area contributed by atoms with Gasteiger partial charge in [-0.25, -0.2) is 27.5 Å². The van der Waals surface area contributed by atoms with Crippen molar-refractivity contribution in [2.75, 3.05) is 42.9 Å². The first-order valence-corrected chi connectivity index (χ1v) is 10.5. The number of fused-ring (bicyclic) bond motifs is 1. The number of halogens is 4. The van der Waals surface area contributed by atoms with E-state index >= 15 is 0 Å². The predicted octanol–water partition coefficient (Wildman–Crippen LogP) is 3.95. The van der Waals surface area contributed by atoms with Gasteiger partial charge in [0, 0.05) is 32.2 Å². The number of carbonyl (C=O) groups excluding carboxylic acids is 1. The van der Waals surface area contributed by atoms with E-state index in [1.807, 2.05) is 5.32 Å². The average Bonchev–Trinajstić information content (AvgIpc) is 3.12. The summed E-state index contributed by atoms with van der Waals surface area (Å²) in [6, 6.07) is 0.0885. The Labute approximate surface area is 179 Å². The van der Waals surface area contributed by atoms with Crippen LogP contribution >= 0.6 is 11.3 Å². The number of piperazine rings is 1. The smallest absolute Gasteiger partial charge is 0.266 e. The van der Waals surface area contributed by atoms with Gasteiger partial charge < -0.3 is 15.1 Å². The number of anilines is 2. The van der Waals surface area contributed by atoms with Crippen LogP contribution in [0.15, 0.2) is 12.4 Å². The van der Waals surface area contributed by atoms with Crippen molar-refractivity contribution < 1.29 is 22.4 Å². The summed E-state index contributed by atoms with van der Waals surface area (Å²) in [5.74, 6) is -6.73. The van der Waals surface area contributed by atoms with Crippen LogP contribution in [-0.2, 0) is 0 Å². The fourth-order valence-corrected chi connectivity index (χ4v) is 4.68. The largest absolute Gasteiger partial charge is 0.353 e. The minimum atomic E-state index is -1.67. The molecule has 1 fully saturated rings. The molecule has 2 aromatic heterocycles. The minimum Gasteiger partial charge on any atom is -0.353 e. The average molecular weight is 453 g/mol. The fraction of sp³-hybridized carbons (Fsp3) is 0.350. The number of aryl methyl sites for hydroxylation is 1. The fourth-order valence-electron chi connectivity index (χ4n) is 3.64. The number of amides is 1. The van der Waals surface area contributed by atoms with Crippen LogP contribution < -0.4 is 10.2 Å². The summed E-state index contributed by atoms with van der Waals surface area (Å²) in [4.78, 5) is 26.5. The van der Waals surface area contributed by atoms with E-state index < -0.39 is 34.9 Å². The monoisotopic (exact) mass is 453 g/mol. The molecule has 1 amide bonds. The topological polar surface area (TPSA) is 61.4 Å². The molecule has 1 saturated heterocycles. The highest BCUT2D eigenvalue weighted by Gasteiger charge is 2.26. The van der Waals surface area contributed by atoms with Crippen LogP contribution in [0.5, 0.6) is 0 Å². The Morgan fingerprint density at radius 2 is 1.74 bits per heavy atom. The van der Waals surface area contributed by atoms with Crippen LogP contribution in [0.4, 0.5) is 29.1 Å². The molecular formula is C20H19F4N5OS. The van der Waals surface area contributed by atoms with Gasteiger partial charge in [-0.05, 0) is 19.0 Å². The van der Waals surface area contributed by atoms with E-state index in [9.17, 15) is 22.4 Å². The second kappa shape index (κ2) is 8.39. The molecule has 31 heavy (non-hydrogen) atoms. The standard InChI is InChI=1S/C20H19F4N5OS/c1-3-28-4-6-29(7-5-28)18-13-10(2)17(31-20(13)26-9-25-18)19(30)27-16-14(23)11(21)8-12(22)15(16)24/h8-9H,3-7H2,1-2H3,(H,27,30). The first kappa shape index (κ1) is 21.4. The van der Waals surface area contributed by atoms with Gasteiger partial charge in [0.25, 0.3) is 5.91 Å². The van der Waals surface area contributed by atoms with Crippen LogP contribution in [0.3, 0.4) is 0 Å². The summed E-state index contributed by atoms with van der Waals surface area (Å²) in [7, 11) is 0. The van der Waals surface area contributed by atoms with E-state index in [0.717, 1.165) is 44.1 Å². The Morgan fingerprint density at radius 3 is 2.35 bits per heavy atom. The maximum absolute atomic E-state index is 14.0. The molecule has 1 aliphatic rings. The van der Waals surface area contributed by atoms with Crippen molar-refractivity contribution in [1.82, 2.24) is 14.9 Å². The number of thiophene rings is 1. The van der Waals surface area contributed by atoms with E-state index in [2.05, 4.69) is 26.7 Å². The Hall–Kier alpha value is -2.79. The van der Waals surface area contributed by atoms with Gasteiger partial charge in [0.1, 0.15) is 22.7 Å². The highest BCUT2D eigenvalue weighted by molar-refractivity contribution is 7.20. The quantitative estimate of drug-likeness (QED) is 0.479. The molecule has 0 unspecified atom stereocenters. The molecule has 1 aromatic carbocycles. The van der Waals surface area contributed by atoms with E-state index in [-0.39, 0.29) is 10.9 Å². The Balaban J connectivity index is 1.69. The molecule has 0 atom stereocenters. The van der Waals surface area contributed by atoms with Crippen molar-refractivity contribution in [1.29, 1.82) is 0 Å². The van der Waals surface area contributed by atoms with Crippen molar-refractivity contribution in [2.45, 2.75) is 13.8 Å². The van der Waals surface area contributed by atoms with Crippen LogP contribution in [0.25, 0.3) is 10.2 Å². The lowest BCUT2D eigenvalue weighted by Crippen LogP contribution is -2.46. The van der Waals surface area contributed by atoms with Crippen molar-refractivity contribution in [3.8, 4) is 0 Å². The molecule has 3 aromatic rings. The Kier molecular flexibility index (Phi) is 5.80. The lowest BCUT2D eigenvalue weighted by atomic mass is 10.1. The number of rotatable bonds is 4. The number of carbonyl (C=O) groups is 1. The molecule has 6 nitrogen and oxygen atoms in total. The molecule has 3 heterocycles. The number of likely N-dealkylation sites (N-methyl/N-ethyl adjacent to an activating group) is 1. The molecule has 11 heteroatoms. The lowest BCUT2D eigenvalue weighted by molar-refractivity contribution is 0.102. The third-order valence-electron chi connectivity index (χ3n) is 5.38. The lowest BCUT2D eigenvalue weighted by Gasteiger charge is -2.35. The molecule has 4 rings (SSSR count). The van der Waals surface area contributed by atoms with Crippen LogP contribution in [0.2, 0.25) is 0 Å². The van der Waals surface area contributed by atoms with E-state index in [4.69, 9.17) is 0 Å². The van der Waals surface area contributed by atoms with Crippen LogP contribution in [-0.4, -0.2) is 53.5 Å². The first-order chi connectivity index (χ1) is 14.8. The Morgan fingerprint density at radius 1 is 1.10 bits per heavy atom. The van der Waals surface area contributed by atoms with Gasteiger partial charge >= 0.3 is 0 Å². The van der Waals surface area contributed by atoms with Crippen molar-refractivity contribution >= 4 is 39.0 Å². The maximum atomic E-state index is 14.0. The highest BCUT2D eigenvalue weighted by Crippen LogP contribution is 2.36. The van der Waals surface area contributed by atoms with Gasteiger partial charge in [0.05, 0.1) is 10.3 Å². The molecule has 0 bridgehead atoms. The van der Waals surface area contributed by atoms with E-state index in [0.29, 0.717) is 21.6 Å². The molecule has 0 saturated carbocycles. The number of hydrogen-bond donors (Lipinski definition) is 1. The van der Waals surface area contributed by atoms with E-state index in [1.165, 1.54) is 6.33 Å². The van der Waals surface area contributed by atoms with Gasteiger partial charge in [0.15, 0.2) is 23.3 Å². The number of benzene rings is 1. The molecule has 1 N–H and O–H groups in total. The zero-order valence-corrected chi connectivity index (χ0v) is 17.6. The third-order valence-corrected chi connectivity index (χ3v) is 6.58. The molecule has 0 radical (unpaired) electrons. The molecule has 0 spiro atoms. The number of aromatic nitrogens is 2. The van der Waals surface area contributed by atoms with Gasteiger partial charge in [-0.15, -0.1) is 11.3 Å². The number of hydrogen-bond acceptors (Lipinski definition) is 6. The summed E-state index contributed by atoms with van der Waals surface area (Å²) in [5, 5.41) is 2.64. The Bertz CT molecular complexity index is 1130.